The predicted molar refractivity (Wildman–Crippen MR) is 302 cm³/mol. The number of carbonyl (C=O) groups is 3. The second kappa shape index (κ2) is 58.4. The summed E-state index contributed by atoms with van der Waals surface area (Å²) >= 11 is 0. The predicted octanol–water partition coefficient (Wildman–Crippen LogP) is 20.2. The van der Waals surface area contributed by atoms with Crippen molar-refractivity contribution >= 4 is 17.9 Å². The van der Waals surface area contributed by atoms with Crippen molar-refractivity contribution < 1.29 is 28.6 Å². The van der Waals surface area contributed by atoms with Gasteiger partial charge in [0, 0.05) is 19.3 Å². The zero-order valence-electron chi connectivity index (χ0n) is 46.3. The lowest BCUT2D eigenvalue weighted by atomic mass is 10.0. The molecule has 0 aliphatic heterocycles. The summed E-state index contributed by atoms with van der Waals surface area (Å²) in [5.41, 5.74) is 0. The third-order valence-corrected chi connectivity index (χ3v) is 12.9. The van der Waals surface area contributed by atoms with E-state index in [2.05, 4.69) is 93.7 Å². The number of hydrogen-bond donors (Lipinski definition) is 0. The average molecular weight is 978 g/mol. The first-order valence-corrected chi connectivity index (χ1v) is 29.9. The highest BCUT2D eigenvalue weighted by Gasteiger charge is 2.19. The Hall–Kier alpha value is -3.15. The molecule has 0 heterocycles. The maximum atomic E-state index is 12.8. The van der Waals surface area contributed by atoms with Crippen LogP contribution >= 0.6 is 0 Å². The Morgan fingerprint density at radius 1 is 0.300 bits per heavy atom. The summed E-state index contributed by atoms with van der Waals surface area (Å²) < 4.78 is 16.8. The number of rotatable bonds is 54. The SMILES string of the molecule is CC/C=C\C/C=C\C/C=C\C/C=C\CCCCCCCCCCCCCCCCCCC(=O)OCC(COC(=O)CCCCCCCCCCCC)OC(=O)CCCCCCC/C=C\C/C=C\CCC. The number of hydrogen-bond acceptors (Lipinski definition) is 6. The van der Waals surface area contributed by atoms with E-state index in [1.165, 1.54) is 141 Å². The Bertz CT molecular complexity index is 1310. The maximum Gasteiger partial charge on any atom is 0.306 e. The molecule has 0 aromatic rings. The molecule has 0 aliphatic carbocycles. The molecule has 0 aromatic heterocycles. The topological polar surface area (TPSA) is 78.9 Å². The molecular weight excluding hydrogens is 865 g/mol. The standard InChI is InChI=1S/C64H112O6/c1-4-7-10-13-16-19-22-24-25-26-27-28-29-30-31-32-33-34-35-36-37-38-39-41-42-45-48-51-54-57-63(66)69-60-61(59-68-62(65)56-53-50-47-44-21-18-15-12-9-6-3)70-64(67)58-55-52-49-46-43-40-23-20-17-14-11-8-5-2/h7,10-11,14,16,19-20,23-25,27-28,61H,4-6,8-9,12-13,15,17-18,21-22,26,29-60H2,1-3H3/b10-7-,14-11-,19-16-,23-20-,25-24-,28-27-. The molecule has 0 N–H and O–H groups in total. The molecule has 6 nitrogen and oxygen atoms in total. The van der Waals surface area contributed by atoms with E-state index >= 15 is 0 Å². The zero-order valence-corrected chi connectivity index (χ0v) is 46.3. The van der Waals surface area contributed by atoms with E-state index in [-0.39, 0.29) is 31.1 Å². The van der Waals surface area contributed by atoms with Crippen LogP contribution in [0, 0.1) is 0 Å². The molecule has 0 aliphatic rings. The largest absolute Gasteiger partial charge is 0.462 e. The third kappa shape index (κ3) is 55.8. The molecular formula is C64H112O6. The van der Waals surface area contributed by atoms with Gasteiger partial charge in [-0.3, -0.25) is 14.4 Å². The maximum absolute atomic E-state index is 12.8. The first-order chi connectivity index (χ1) is 34.5. The van der Waals surface area contributed by atoms with Gasteiger partial charge >= 0.3 is 17.9 Å². The van der Waals surface area contributed by atoms with Gasteiger partial charge in [-0.2, -0.15) is 0 Å². The Balaban J connectivity index is 4.12. The minimum Gasteiger partial charge on any atom is -0.462 e. The Morgan fingerprint density at radius 3 is 0.929 bits per heavy atom. The molecule has 0 aromatic carbocycles. The van der Waals surface area contributed by atoms with Crippen molar-refractivity contribution in [3.8, 4) is 0 Å². The third-order valence-electron chi connectivity index (χ3n) is 12.9. The van der Waals surface area contributed by atoms with Gasteiger partial charge in [-0.15, -0.1) is 0 Å². The first-order valence-electron chi connectivity index (χ1n) is 29.9. The van der Waals surface area contributed by atoms with Crippen LogP contribution in [0.25, 0.3) is 0 Å². The van der Waals surface area contributed by atoms with Gasteiger partial charge in [-0.1, -0.05) is 267 Å². The normalized spacial score (nSPS) is 12.6. The van der Waals surface area contributed by atoms with Crippen LogP contribution in [0.5, 0.6) is 0 Å². The van der Waals surface area contributed by atoms with Gasteiger partial charge in [0.25, 0.3) is 0 Å². The molecule has 6 heteroatoms. The molecule has 0 rings (SSSR count). The minimum atomic E-state index is -0.778. The highest BCUT2D eigenvalue weighted by Crippen LogP contribution is 2.16. The second-order valence-corrected chi connectivity index (χ2v) is 19.9. The summed E-state index contributed by atoms with van der Waals surface area (Å²) in [7, 11) is 0. The molecule has 1 atom stereocenters. The molecule has 0 spiro atoms. The van der Waals surface area contributed by atoms with Crippen LogP contribution in [0.1, 0.15) is 297 Å². The Kier molecular flexibility index (Phi) is 55.8. The van der Waals surface area contributed by atoms with Crippen molar-refractivity contribution in [1.82, 2.24) is 0 Å². The van der Waals surface area contributed by atoms with Crippen LogP contribution in [-0.4, -0.2) is 37.2 Å². The van der Waals surface area contributed by atoms with Crippen LogP contribution < -0.4 is 0 Å². The fourth-order valence-corrected chi connectivity index (χ4v) is 8.47. The lowest BCUT2D eigenvalue weighted by Gasteiger charge is -2.18. The van der Waals surface area contributed by atoms with E-state index in [9.17, 15) is 14.4 Å². The van der Waals surface area contributed by atoms with Gasteiger partial charge < -0.3 is 14.2 Å². The van der Waals surface area contributed by atoms with Crippen LogP contribution in [0.3, 0.4) is 0 Å². The van der Waals surface area contributed by atoms with Crippen LogP contribution in [-0.2, 0) is 28.6 Å². The fourth-order valence-electron chi connectivity index (χ4n) is 8.47. The summed E-state index contributed by atoms with van der Waals surface area (Å²) in [6, 6.07) is 0. The van der Waals surface area contributed by atoms with E-state index in [4.69, 9.17) is 14.2 Å². The highest BCUT2D eigenvalue weighted by molar-refractivity contribution is 5.71. The minimum absolute atomic E-state index is 0.0772. The number of esters is 3. The fraction of sp³-hybridized carbons (Fsp3) is 0.766. The van der Waals surface area contributed by atoms with Crippen LogP contribution in [0.4, 0.5) is 0 Å². The molecule has 0 fully saturated rings. The first kappa shape index (κ1) is 66.9. The number of unbranched alkanes of at least 4 members (excludes halogenated alkanes) is 31. The van der Waals surface area contributed by atoms with E-state index in [0.717, 1.165) is 116 Å². The van der Waals surface area contributed by atoms with Crippen molar-refractivity contribution in [3.63, 3.8) is 0 Å². The molecule has 0 bridgehead atoms. The van der Waals surface area contributed by atoms with E-state index in [1.807, 2.05) is 0 Å². The second-order valence-electron chi connectivity index (χ2n) is 19.9. The van der Waals surface area contributed by atoms with Gasteiger partial charge in [0.05, 0.1) is 0 Å². The number of ether oxygens (including phenoxy) is 3. The van der Waals surface area contributed by atoms with E-state index in [0.29, 0.717) is 19.3 Å². The summed E-state index contributed by atoms with van der Waals surface area (Å²) in [5, 5.41) is 0. The van der Waals surface area contributed by atoms with Gasteiger partial charge in [0.2, 0.25) is 0 Å². The molecule has 70 heavy (non-hydrogen) atoms. The van der Waals surface area contributed by atoms with Crippen molar-refractivity contribution in [2.45, 2.75) is 303 Å². The molecule has 0 saturated carbocycles. The Labute approximate surface area is 433 Å². The number of carbonyl (C=O) groups excluding carboxylic acids is 3. The van der Waals surface area contributed by atoms with Crippen LogP contribution in [0.2, 0.25) is 0 Å². The molecule has 0 saturated heterocycles. The van der Waals surface area contributed by atoms with Gasteiger partial charge in [-0.05, 0) is 83.5 Å². The average Bonchev–Trinajstić information content (AvgIpc) is 3.36. The number of allylic oxidation sites excluding steroid dienone is 12. The molecule has 0 amide bonds. The molecule has 0 radical (unpaired) electrons. The Morgan fingerprint density at radius 2 is 0.586 bits per heavy atom. The summed E-state index contributed by atoms with van der Waals surface area (Å²) in [6.07, 6.45) is 74.9. The summed E-state index contributed by atoms with van der Waals surface area (Å²) in [6.45, 7) is 6.46. The van der Waals surface area contributed by atoms with Crippen LogP contribution in [0.15, 0.2) is 72.9 Å². The monoisotopic (exact) mass is 977 g/mol. The molecule has 404 valence electrons. The van der Waals surface area contributed by atoms with Crippen molar-refractivity contribution in [1.29, 1.82) is 0 Å². The van der Waals surface area contributed by atoms with Crippen molar-refractivity contribution in [2.24, 2.45) is 0 Å². The van der Waals surface area contributed by atoms with E-state index in [1.54, 1.807) is 0 Å². The zero-order chi connectivity index (χ0) is 50.7. The van der Waals surface area contributed by atoms with Crippen molar-refractivity contribution in [3.05, 3.63) is 72.9 Å². The van der Waals surface area contributed by atoms with Gasteiger partial charge in [-0.25, -0.2) is 0 Å². The van der Waals surface area contributed by atoms with Gasteiger partial charge in [0.1, 0.15) is 13.2 Å². The smallest absolute Gasteiger partial charge is 0.306 e. The highest BCUT2D eigenvalue weighted by atomic mass is 16.6. The van der Waals surface area contributed by atoms with Crippen molar-refractivity contribution in [2.75, 3.05) is 13.2 Å². The van der Waals surface area contributed by atoms with E-state index < -0.39 is 6.10 Å². The summed E-state index contributed by atoms with van der Waals surface area (Å²) in [4.78, 5) is 38.0. The quantitative estimate of drug-likeness (QED) is 0.0261. The molecule has 1 unspecified atom stereocenters. The lowest BCUT2D eigenvalue weighted by molar-refractivity contribution is -0.167. The van der Waals surface area contributed by atoms with Gasteiger partial charge in [0.15, 0.2) is 6.10 Å². The lowest BCUT2D eigenvalue weighted by Crippen LogP contribution is -2.30. The summed E-state index contributed by atoms with van der Waals surface area (Å²) in [5.74, 6) is -0.883.